The molecule has 1 aromatic heterocycles. The van der Waals surface area contributed by atoms with Crippen molar-refractivity contribution in [2.75, 3.05) is 31.1 Å². The molecule has 11 nitrogen and oxygen atoms in total. The van der Waals surface area contributed by atoms with Gasteiger partial charge >= 0.3 is 5.97 Å². The Kier molecular flexibility index (Phi) is 10.5. The normalized spacial score (nSPS) is 15.1. The van der Waals surface area contributed by atoms with Crippen molar-refractivity contribution in [3.63, 3.8) is 0 Å². The minimum atomic E-state index is -2.71. The third-order valence-corrected chi connectivity index (χ3v) is 7.88. The Labute approximate surface area is 253 Å². The Morgan fingerprint density at radius 3 is 2.23 bits per heavy atom. The van der Waals surface area contributed by atoms with Gasteiger partial charge in [0.2, 0.25) is 0 Å². The fraction of sp³-hybridized carbons (Fsp3) is 0.323. The maximum atomic E-state index is 12.7. The van der Waals surface area contributed by atoms with Crippen LogP contribution in [0.4, 0.5) is 5.69 Å². The molecule has 2 unspecified atom stereocenters. The summed E-state index contributed by atoms with van der Waals surface area (Å²) in [5.74, 6) is 4.06. The minimum Gasteiger partial charge on any atom is -0.759 e. The average molecular weight is 605 g/mol. The first-order valence-corrected chi connectivity index (χ1v) is 14.8. The molecule has 1 saturated heterocycles. The molecule has 2 aromatic carbocycles. The number of pyridine rings is 1. The lowest BCUT2D eigenvalue weighted by Crippen LogP contribution is -2.60. The summed E-state index contributed by atoms with van der Waals surface area (Å²) in [6, 6.07) is 17.3. The number of carboxylic acid groups (broad SMARTS) is 1. The second kappa shape index (κ2) is 14.3. The van der Waals surface area contributed by atoms with E-state index in [-0.39, 0.29) is 5.56 Å². The van der Waals surface area contributed by atoms with E-state index in [2.05, 4.69) is 22.1 Å². The Hall–Kier alpha value is -4.28. The number of rotatable bonds is 9. The monoisotopic (exact) mass is 604 g/mol. The van der Waals surface area contributed by atoms with Gasteiger partial charge in [0.05, 0.1) is 0 Å². The molecule has 1 amide bonds. The average Bonchev–Trinajstić information content (AvgIpc) is 2.99. The molecule has 12 heteroatoms. The van der Waals surface area contributed by atoms with Crippen molar-refractivity contribution in [1.82, 2.24) is 19.3 Å². The first-order valence-electron chi connectivity index (χ1n) is 13.8. The summed E-state index contributed by atoms with van der Waals surface area (Å²) in [7, 11) is 1.58. The smallest absolute Gasteiger partial charge is 0.323 e. The number of aromatic nitrogens is 1. The van der Waals surface area contributed by atoms with Gasteiger partial charge in [0, 0.05) is 74.0 Å². The zero-order chi connectivity index (χ0) is 31.1. The third-order valence-electron chi connectivity index (χ3n) is 7.12. The van der Waals surface area contributed by atoms with Crippen LogP contribution in [0, 0.1) is 17.8 Å². The van der Waals surface area contributed by atoms with Gasteiger partial charge in [-0.15, -0.1) is 0 Å². The number of hydrogen-bond donors (Lipinski definition) is 2. The van der Waals surface area contributed by atoms with Crippen LogP contribution >= 0.6 is 0 Å². The molecule has 0 bridgehead atoms. The molecule has 43 heavy (non-hydrogen) atoms. The summed E-state index contributed by atoms with van der Waals surface area (Å²) in [5.41, 5.74) is 2.72. The van der Waals surface area contributed by atoms with Crippen LogP contribution in [0.5, 0.6) is 0 Å². The van der Waals surface area contributed by atoms with Gasteiger partial charge in [0.1, 0.15) is 11.6 Å². The molecule has 0 radical (unpaired) electrons. The molecule has 1 aliphatic heterocycles. The van der Waals surface area contributed by atoms with Gasteiger partial charge in [0.15, 0.2) is 0 Å². The number of aryl methyl sites for hydroxylation is 1. The predicted molar refractivity (Wildman–Crippen MR) is 163 cm³/mol. The van der Waals surface area contributed by atoms with E-state index in [4.69, 9.17) is 0 Å². The van der Waals surface area contributed by atoms with Crippen molar-refractivity contribution in [2.24, 2.45) is 13.0 Å². The summed E-state index contributed by atoms with van der Waals surface area (Å²) in [6.07, 6.45) is 1.59. The molecule has 1 fully saturated rings. The zero-order valence-corrected chi connectivity index (χ0v) is 25.0. The molecule has 226 valence electrons. The highest BCUT2D eigenvalue weighted by atomic mass is 32.2. The van der Waals surface area contributed by atoms with E-state index in [1.807, 2.05) is 54.6 Å². The highest BCUT2D eigenvalue weighted by Crippen LogP contribution is 2.21. The fourth-order valence-electron chi connectivity index (χ4n) is 4.86. The molecular formula is C31H34N5O6S-. The van der Waals surface area contributed by atoms with Crippen LogP contribution in [0.2, 0.25) is 0 Å². The number of hydrogen-bond acceptors (Lipinski definition) is 7. The number of anilines is 1. The largest absolute Gasteiger partial charge is 0.759 e. The van der Waals surface area contributed by atoms with Crippen LogP contribution in [-0.4, -0.2) is 72.0 Å². The van der Waals surface area contributed by atoms with E-state index in [1.54, 1.807) is 32.1 Å². The number of nitrogens with zero attached hydrogens (tertiary/aromatic N) is 4. The molecule has 2 heterocycles. The highest BCUT2D eigenvalue weighted by Gasteiger charge is 2.35. The van der Waals surface area contributed by atoms with E-state index >= 15 is 0 Å². The van der Waals surface area contributed by atoms with E-state index in [0.717, 1.165) is 21.2 Å². The van der Waals surface area contributed by atoms with Crippen LogP contribution < -0.4 is 15.8 Å². The number of carbonyl (C=O) groups is 2. The first-order chi connectivity index (χ1) is 20.5. The summed E-state index contributed by atoms with van der Waals surface area (Å²) < 4.78 is 26.1. The summed E-state index contributed by atoms with van der Waals surface area (Å²) in [6.45, 7) is 5.38. The molecule has 0 aliphatic carbocycles. The fourth-order valence-corrected chi connectivity index (χ4v) is 5.74. The molecule has 0 spiro atoms. The van der Waals surface area contributed by atoms with Crippen LogP contribution in [0.1, 0.15) is 40.9 Å². The van der Waals surface area contributed by atoms with Crippen LogP contribution in [0.15, 0.2) is 71.7 Å². The second-order valence-electron chi connectivity index (χ2n) is 10.5. The lowest BCUT2D eigenvalue weighted by atomic mass is 10.1. The van der Waals surface area contributed by atoms with E-state index in [9.17, 15) is 28.3 Å². The van der Waals surface area contributed by atoms with Gasteiger partial charge in [-0.25, -0.2) is 5.01 Å². The van der Waals surface area contributed by atoms with Crippen molar-refractivity contribution in [1.29, 1.82) is 0 Å². The molecule has 1 aliphatic rings. The van der Waals surface area contributed by atoms with Gasteiger partial charge in [-0.05, 0) is 41.8 Å². The van der Waals surface area contributed by atoms with Crippen molar-refractivity contribution < 1.29 is 23.5 Å². The molecule has 3 aromatic rings. The van der Waals surface area contributed by atoms with Crippen LogP contribution in [0.25, 0.3) is 0 Å². The van der Waals surface area contributed by atoms with E-state index in [1.165, 1.54) is 10.6 Å². The molecule has 2 atom stereocenters. The Morgan fingerprint density at radius 1 is 1.02 bits per heavy atom. The molecule has 4 rings (SSSR count). The number of hydrazine groups is 1. The minimum absolute atomic E-state index is 0.0159. The number of amides is 1. The van der Waals surface area contributed by atoms with Crippen LogP contribution in [-0.2, 0) is 29.7 Å². The first kappa shape index (κ1) is 31.7. The lowest BCUT2D eigenvalue weighted by molar-refractivity contribution is -0.149. The van der Waals surface area contributed by atoms with Gasteiger partial charge in [0.25, 0.3) is 11.5 Å². The number of nitrogens with one attached hydrogen (secondary N) is 1. The third kappa shape index (κ3) is 7.97. The number of piperazine rings is 1. The molecule has 0 saturated carbocycles. The Balaban J connectivity index is 1.41. The second-order valence-corrected chi connectivity index (χ2v) is 11.3. The van der Waals surface area contributed by atoms with Gasteiger partial charge in [-0.1, -0.05) is 56.0 Å². The Bertz CT molecular complexity index is 1590. The maximum absolute atomic E-state index is 12.7. The van der Waals surface area contributed by atoms with Crippen molar-refractivity contribution in [3.8, 4) is 11.8 Å². The summed E-state index contributed by atoms with van der Waals surface area (Å²) in [4.78, 5) is 39.2. The molecule has 2 N–H and O–H groups in total. The number of aliphatic carboxylic acids is 1. The van der Waals surface area contributed by atoms with Gasteiger partial charge in [-0.3, -0.25) is 18.6 Å². The number of carboxylic acids is 1. The van der Waals surface area contributed by atoms with E-state index in [0.29, 0.717) is 38.3 Å². The maximum Gasteiger partial charge on any atom is 0.323 e. The number of benzene rings is 2. The summed E-state index contributed by atoms with van der Waals surface area (Å²) in [5, 5.41) is 13.9. The molecular weight excluding hydrogens is 570 g/mol. The lowest BCUT2D eigenvalue weighted by Gasteiger charge is -2.45. The highest BCUT2D eigenvalue weighted by molar-refractivity contribution is 7.76. The van der Waals surface area contributed by atoms with Crippen molar-refractivity contribution in [2.45, 2.75) is 26.4 Å². The quantitative estimate of drug-likeness (QED) is 0.279. The topological polar surface area (TPSA) is 138 Å². The zero-order valence-electron chi connectivity index (χ0n) is 24.2. The van der Waals surface area contributed by atoms with Crippen molar-refractivity contribution >= 4 is 28.8 Å². The van der Waals surface area contributed by atoms with E-state index < -0.39 is 40.7 Å². The van der Waals surface area contributed by atoms with Crippen molar-refractivity contribution in [3.05, 3.63) is 99.5 Å². The van der Waals surface area contributed by atoms with Gasteiger partial charge < -0.3 is 24.4 Å². The Morgan fingerprint density at radius 2 is 1.65 bits per heavy atom. The standard InChI is InChI=1S/C31H35N5O6S/c1-22(2)28(31(39)40)36(43(41)42)35-17-15-34(16-18-35)26-13-11-23(12-14-26)9-10-25-19-27(30(38)33(3)21-25)29(37)32-20-24-7-5-4-6-8-24/h4-8,11-14,19,21-22,28H,15-18,20H2,1-3H3,(H,32,37)(H,39,40)(H,41,42)/p-1. The van der Waals surface area contributed by atoms with Crippen LogP contribution in [0.3, 0.4) is 0 Å². The SMILES string of the molecule is CC(C)C(C(=O)O)N(N1CCN(c2ccc(C#Cc3cc(C(=O)NCc4ccccc4)c(=O)n(C)c3)cc2)CC1)S(=O)[O-]. The van der Waals surface area contributed by atoms with Gasteiger partial charge in [-0.2, -0.15) is 4.41 Å². The number of carbonyl (C=O) groups excluding carboxylic acids is 1. The summed E-state index contributed by atoms with van der Waals surface area (Å²) >= 11 is -2.71. The predicted octanol–water partition coefficient (Wildman–Crippen LogP) is 1.96.